The van der Waals surface area contributed by atoms with Gasteiger partial charge in [-0.3, -0.25) is 4.79 Å². The predicted molar refractivity (Wildman–Crippen MR) is 129 cm³/mol. The normalized spacial score (nSPS) is 13.5. The summed E-state index contributed by atoms with van der Waals surface area (Å²) in [6.45, 7) is 2.37. The van der Waals surface area contributed by atoms with Crippen molar-refractivity contribution in [3.63, 3.8) is 0 Å². The van der Waals surface area contributed by atoms with E-state index in [2.05, 4.69) is 17.1 Å². The van der Waals surface area contributed by atoms with Crippen molar-refractivity contribution < 1.29 is 22.7 Å². The Morgan fingerprint density at radius 3 is 2.21 bits per heavy atom. The number of aromatic amines is 1. The first kappa shape index (κ1) is 27.9. The summed E-state index contributed by atoms with van der Waals surface area (Å²) in [5.74, 6) is -2.00. The Morgan fingerprint density at radius 1 is 0.971 bits per heavy atom. The number of hydrogen-bond donors (Lipinski definition) is 1. The molecule has 1 aromatic heterocycles. The summed E-state index contributed by atoms with van der Waals surface area (Å²) in [6, 6.07) is 9.86. The third-order valence-corrected chi connectivity index (χ3v) is 6.27. The molecule has 0 fully saturated rings. The highest BCUT2D eigenvalue weighted by atomic mass is 19.4. The molecule has 0 bridgehead atoms. The van der Waals surface area contributed by atoms with Gasteiger partial charge in [0, 0.05) is 18.1 Å². The maximum atomic E-state index is 13.9. The molecule has 0 radical (unpaired) electrons. The fraction of sp³-hybridized carbons (Fsp3) is 0.630. The van der Waals surface area contributed by atoms with Crippen LogP contribution in [0.2, 0.25) is 0 Å². The predicted octanol–water partition coefficient (Wildman–Crippen LogP) is 8.17. The molecule has 2 atom stereocenters. The minimum atomic E-state index is -4.44. The molecule has 0 aliphatic heterocycles. The molecule has 7 heteroatoms. The van der Waals surface area contributed by atoms with Gasteiger partial charge in [-0.15, -0.1) is 0 Å². The largest absolute Gasteiger partial charge is 0.478 e. The highest BCUT2D eigenvalue weighted by Crippen LogP contribution is 2.36. The molecule has 2 unspecified atom stereocenters. The monoisotopic (exact) mass is 480 g/mol. The fourth-order valence-corrected chi connectivity index (χ4v) is 4.24. The molecule has 2 aromatic rings. The van der Waals surface area contributed by atoms with Crippen LogP contribution in [-0.4, -0.2) is 28.8 Å². The molecule has 0 aliphatic rings. The summed E-state index contributed by atoms with van der Waals surface area (Å²) in [4.78, 5) is 12.5. The Morgan fingerprint density at radius 2 is 1.62 bits per heavy atom. The molecule has 2 rings (SSSR count). The lowest BCUT2D eigenvalue weighted by atomic mass is 9.86. The highest BCUT2D eigenvalue weighted by Gasteiger charge is 2.42. The number of hydrogen-bond acceptors (Lipinski definition) is 3. The van der Waals surface area contributed by atoms with Crippen molar-refractivity contribution in [3.8, 4) is 5.88 Å². The summed E-state index contributed by atoms with van der Waals surface area (Å²) in [7, 11) is 0. The molecular formula is C27H39F3N2O2. The Kier molecular flexibility index (Phi) is 12.8. The molecule has 1 aromatic carbocycles. The highest BCUT2D eigenvalue weighted by molar-refractivity contribution is 5.96. The van der Waals surface area contributed by atoms with Gasteiger partial charge in [-0.05, 0) is 18.8 Å². The zero-order valence-corrected chi connectivity index (χ0v) is 20.3. The van der Waals surface area contributed by atoms with Crippen molar-refractivity contribution >= 4 is 5.78 Å². The van der Waals surface area contributed by atoms with Crippen LogP contribution in [0.5, 0.6) is 5.88 Å². The number of ether oxygens (including phenoxy) is 1. The third-order valence-electron chi connectivity index (χ3n) is 6.27. The van der Waals surface area contributed by atoms with Crippen LogP contribution in [0.15, 0.2) is 42.6 Å². The van der Waals surface area contributed by atoms with Gasteiger partial charge in [0.15, 0.2) is 5.78 Å². The Bertz CT molecular complexity index is 779. The van der Waals surface area contributed by atoms with E-state index in [1.165, 1.54) is 38.5 Å². The first-order valence-electron chi connectivity index (χ1n) is 12.7. The van der Waals surface area contributed by atoms with Crippen molar-refractivity contribution in [2.75, 3.05) is 6.61 Å². The number of rotatable bonds is 18. The zero-order chi connectivity index (χ0) is 24.7. The molecule has 0 spiro atoms. The van der Waals surface area contributed by atoms with Gasteiger partial charge in [0.2, 0.25) is 5.88 Å². The van der Waals surface area contributed by atoms with E-state index in [1.807, 2.05) is 0 Å². The van der Waals surface area contributed by atoms with Crippen LogP contribution in [0.25, 0.3) is 0 Å². The van der Waals surface area contributed by atoms with Crippen LogP contribution < -0.4 is 4.74 Å². The number of halogens is 3. The van der Waals surface area contributed by atoms with Gasteiger partial charge in [-0.2, -0.15) is 18.3 Å². The van der Waals surface area contributed by atoms with Crippen molar-refractivity contribution in [1.82, 2.24) is 10.2 Å². The van der Waals surface area contributed by atoms with Gasteiger partial charge in [-0.1, -0.05) is 95.0 Å². The lowest BCUT2D eigenvalue weighted by molar-refractivity contribution is -0.179. The molecule has 190 valence electrons. The van der Waals surface area contributed by atoms with Crippen LogP contribution in [0.4, 0.5) is 13.2 Å². The minimum absolute atomic E-state index is 0.118. The smallest absolute Gasteiger partial charge is 0.392 e. The van der Waals surface area contributed by atoms with Crippen LogP contribution >= 0.6 is 0 Å². The maximum Gasteiger partial charge on any atom is 0.392 e. The first-order valence-corrected chi connectivity index (χ1v) is 12.7. The molecule has 34 heavy (non-hydrogen) atoms. The van der Waals surface area contributed by atoms with Gasteiger partial charge in [0.25, 0.3) is 0 Å². The SMILES string of the molecule is CCCCCCCCCCCC(COc1ccn[nH]1)CC(CC(=O)c1ccccc1)C(F)(F)F. The van der Waals surface area contributed by atoms with E-state index in [0.29, 0.717) is 17.9 Å². The third kappa shape index (κ3) is 11.2. The number of carbonyl (C=O) groups is 1. The molecule has 1 heterocycles. The first-order chi connectivity index (χ1) is 16.4. The summed E-state index contributed by atoms with van der Waals surface area (Å²) in [5, 5.41) is 6.51. The summed E-state index contributed by atoms with van der Waals surface area (Å²) in [5.41, 5.74) is 0.320. The van der Waals surface area contributed by atoms with E-state index in [0.717, 1.165) is 19.3 Å². The van der Waals surface area contributed by atoms with E-state index in [1.54, 1.807) is 42.6 Å². The summed E-state index contributed by atoms with van der Waals surface area (Å²) in [6.07, 6.45) is 7.54. The number of alkyl halides is 3. The van der Waals surface area contributed by atoms with E-state index in [-0.39, 0.29) is 18.9 Å². The second-order valence-electron chi connectivity index (χ2n) is 9.18. The molecular weight excluding hydrogens is 441 g/mol. The average molecular weight is 481 g/mol. The second-order valence-corrected chi connectivity index (χ2v) is 9.18. The standard InChI is InChI=1S/C27H39F3N2O2/c1-2-3-4-5-6-7-8-9-11-14-22(21-34-26-17-18-31-32-26)19-24(27(28,29)30)20-25(33)23-15-12-10-13-16-23/h10,12-13,15-18,22,24H,2-9,11,14,19-21H2,1H3,(H,31,32). The summed E-state index contributed by atoms with van der Waals surface area (Å²) < 4.78 is 47.3. The quantitative estimate of drug-likeness (QED) is 0.173. The average Bonchev–Trinajstić information content (AvgIpc) is 3.34. The zero-order valence-electron chi connectivity index (χ0n) is 20.3. The van der Waals surface area contributed by atoms with Gasteiger partial charge < -0.3 is 4.74 Å². The number of ketones is 1. The Hall–Kier alpha value is -2.31. The van der Waals surface area contributed by atoms with Crippen LogP contribution in [0.1, 0.15) is 94.3 Å². The van der Waals surface area contributed by atoms with Gasteiger partial charge >= 0.3 is 6.18 Å². The number of carbonyl (C=O) groups excluding carboxylic acids is 1. The molecule has 0 aliphatic carbocycles. The Balaban J connectivity index is 1.89. The molecule has 4 nitrogen and oxygen atoms in total. The van der Waals surface area contributed by atoms with Gasteiger partial charge in [0.05, 0.1) is 18.7 Å². The second kappa shape index (κ2) is 15.6. The number of unbranched alkanes of at least 4 members (excludes halogenated alkanes) is 8. The fourth-order valence-electron chi connectivity index (χ4n) is 4.24. The number of nitrogens with one attached hydrogen (secondary N) is 1. The maximum absolute atomic E-state index is 13.9. The number of benzene rings is 1. The lowest BCUT2D eigenvalue weighted by Gasteiger charge is -2.25. The van der Waals surface area contributed by atoms with Crippen LogP contribution in [0, 0.1) is 11.8 Å². The molecule has 0 saturated carbocycles. The van der Waals surface area contributed by atoms with Crippen molar-refractivity contribution in [2.45, 2.75) is 90.1 Å². The lowest BCUT2D eigenvalue weighted by Crippen LogP contribution is -2.29. The number of H-pyrrole nitrogens is 1. The molecule has 0 saturated heterocycles. The van der Waals surface area contributed by atoms with E-state index in [4.69, 9.17) is 4.74 Å². The topological polar surface area (TPSA) is 55.0 Å². The minimum Gasteiger partial charge on any atom is -0.478 e. The van der Waals surface area contributed by atoms with Gasteiger partial charge in [-0.25, -0.2) is 5.10 Å². The van der Waals surface area contributed by atoms with Crippen molar-refractivity contribution in [2.24, 2.45) is 11.8 Å². The van der Waals surface area contributed by atoms with Gasteiger partial charge in [0.1, 0.15) is 0 Å². The van der Waals surface area contributed by atoms with E-state index >= 15 is 0 Å². The van der Waals surface area contributed by atoms with E-state index < -0.39 is 24.3 Å². The Labute approximate surface area is 201 Å². The van der Waals surface area contributed by atoms with E-state index in [9.17, 15) is 18.0 Å². The van der Waals surface area contributed by atoms with Crippen LogP contribution in [0.3, 0.4) is 0 Å². The molecule has 1 N–H and O–H groups in total. The van der Waals surface area contributed by atoms with Crippen molar-refractivity contribution in [1.29, 1.82) is 0 Å². The van der Waals surface area contributed by atoms with Crippen LogP contribution in [-0.2, 0) is 0 Å². The number of nitrogens with zero attached hydrogens (tertiary/aromatic N) is 1. The summed E-state index contributed by atoms with van der Waals surface area (Å²) >= 11 is 0. The van der Waals surface area contributed by atoms with Crippen molar-refractivity contribution in [3.05, 3.63) is 48.2 Å². The molecule has 0 amide bonds. The number of aromatic nitrogens is 2. The number of Topliss-reactive ketones (excluding diaryl/α,β-unsaturated/α-hetero) is 1.